The van der Waals surface area contributed by atoms with Crippen molar-refractivity contribution in [3.8, 4) is 62.9 Å². The van der Waals surface area contributed by atoms with Gasteiger partial charge in [0.05, 0.1) is 6.61 Å². The second-order valence-electron chi connectivity index (χ2n) is 7.88. The van der Waals surface area contributed by atoms with Crippen LogP contribution in [0.5, 0.6) is 28.7 Å². The molecule has 1 aromatic heterocycles. The Labute approximate surface area is 193 Å². The number of benzene rings is 3. The van der Waals surface area contributed by atoms with Crippen molar-refractivity contribution in [3.63, 3.8) is 0 Å². The summed E-state index contributed by atoms with van der Waals surface area (Å²) in [5, 5.41) is 0. The van der Waals surface area contributed by atoms with Gasteiger partial charge in [-0.15, -0.1) is 0 Å². The first kappa shape index (κ1) is 19.1. The summed E-state index contributed by atoms with van der Waals surface area (Å²) in [6.45, 7) is 1.12. The molecule has 34 heavy (non-hydrogen) atoms. The number of fused-ring (bicyclic) bond motifs is 3. The third-order valence-corrected chi connectivity index (χ3v) is 5.77. The van der Waals surface area contributed by atoms with Gasteiger partial charge in [0.2, 0.25) is 13.6 Å². The van der Waals surface area contributed by atoms with Gasteiger partial charge in [-0.2, -0.15) is 0 Å². The highest BCUT2D eigenvalue weighted by molar-refractivity contribution is 5.70. The topological polar surface area (TPSA) is 94.1 Å². The van der Waals surface area contributed by atoms with Gasteiger partial charge in [-0.25, -0.2) is 15.0 Å². The maximum atomic E-state index is 5.56. The fourth-order valence-electron chi connectivity index (χ4n) is 4.06. The zero-order valence-corrected chi connectivity index (χ0v) is 17.8. The number of ether oxygens (including phenoxy) is 6. The molecule has 4 heterocycles. The molecule has 0 saturated carbocycles. The first-order valence-corrected chi connectivity index (χ1v) is 10.7. The molecule has 3 aliphatic rings. The zero-order valence-electron chi connectivity index (χ0n) is 17.8. The van der Waals surface area contributed by atoms with Crippen molar-refractivity contribution in [2.45, 2.75) is 6.61 Å². The Balaban J connectivity index is 1.38. The third-order valence-electron chi connectivity index (χ3n) is 5.77. The molecular weight excluding hydrogens is 438 g/mol. The van der Waals surface area contributed by atoms with Crippen LogP contribution in [0.25, 0.3) is 34.2 Å². The summed E-state index contributed by atoms with van der Waals surface area (Å²) in [4.78, 5) is 14.4. The Hall–Kier alpha value is -4.37. The number of rotatable bonds is 3. The van der Waals surface area contributed by atoms with E-state index in [1.807, 2.05) is 54.6 Å². The monoisotopic (exact) mass is 455 g/mol. The molecule has 168 valence electrons. The summed E-state index contributed by atoms with van der Waals surface area (Å²) < 4.78 is 33.0. The highest BCUT2D eigenvalue weighted by atomic mass is 16.7. The lowest BCUT2D eigenvalue weighted by Gasteiger charge is -2.18. The molecule has 0 aliphatic carbocycles. The minimum absolute atomic E-state index is 0.197. The van der Waals surface area contributed by atoms with Gasteiger partial charge in [-0.05, 0) is 54.6 Å². The van der Waals surface area contributed by atoms with Crippen molar-refractivity contribution in [1.29, 1.82) is 0 Å². The molecule has 0 bridgehead atoms. The Morgan fingerprint density at radius 2 is 0.941 bits per heavy atom. The molecule has 0 spiro atoms. The van der Waals surface area contributed by atoms with Crippen molar-refractivity contribution < 1.29 is 28.4 Å². The predicted octanol–water partition coefficient (Wildman–Crippen LogP) is 4.20. The van der Waals surface area contributed by atoms with Crippen LogP contribution in [0, 0.1) is 0 Å². The maximum Gasteiger partial charge on any atom is 0.231 e. The van der Waals surface area contributed by atoms with E-state index in [0.29, 0.717) is 47.1 Å². The van der Waals surface area contributed by atoms with Crippen molar-refractivity contribution >= 4 is 0 Å². The molecule has 0 saturated heterocycles. The smallest absolute Gasteiger partial charge is 0.231 e. The van der Waals surface area contributed by atoms with E-state index in [0.717, 1.165) is 28.0 Å². The molecule has 7 rings (SSSR count). The average molecular weight is 455 g/mol. The molecule has 4 aromatic rings. The summed E-state index contributed by atoms with van der Waals surface area (Å²) in [6, 6.07) is 17.1. The largest absolute Gasteiger partial charge is 0.467 e. The molecule has 9 heteroatoms. The van der Waals surface area contributed by atoms with Gasteiger partial charge < -0.3 is 28.4 Å². The summed E-state index contributed by atoms with van der Waals surface area (Å²) >= 11 is 0. The van der Waals surface area contributed by atoms with Crippen LogP contribution < -0.4 is 23.7 Å². The van der Waals surface area contributed by atoms with Crippen molar-refractivity contribution in [3.05, 3.63) is 60.2 Å². The highest BCUT2D eigenvalue weighted by Crippen LogP contribution is 2.38. The Morgan fingerprint density at radius 1 is 0.471 bits per heavy atom. The lowest BCUT2D eigenvalue weighted by atomic mass is 10.1. The minimum Gasteiger partial charge on any atom is -0.467 e. The van der Waals surface area contributed by atoms with Crippen LogP contribution in [0.3, 0.4) is 0 Å². The molecule has 0 amide bonds. The standard InChI is InChI=1S/C25H17N3O6/c1-4-18-17(10-29-11-30-18)7-14(1)23-26-24(15-2-5-19-21(8-15)33-12-31-19)28-25(27-23)16-3-6-20-22(9-16)34-13-32-20/h1-9H,10-13H2. The van der Waals surface area contributed by atoms with Gasteiger partial charge in [0.1, 0.15) is 5.75 Å². The van der Waals surface area contributed by atoms with E-state index >= 15 is 0 Å². The van der Waals surface area contributed by atoms with E-state index in [2.05, 4.69) is 0 Å². The molecule has 0 radical (unpaired) electrons. The van der Waals surface area contributed by atoms with Crippen LogP contribution in [0.15, 0.2) is 54.6 Å². The van der Waals surface area contributed by atoms with E-state index in [9.17, 15) is 0 Å². The van der Waals surface area contributed by atoms with Crippen molar-refractivity contribution in [1.82, 2.24) is 15.0 Å². The molecule has 9 nitrogen and oxygen atoms in total. The molecule has 3 aliphatic heterocycles. The summed E-state index contributed by atoms with van der Waals surface area (Å²) in [7, 11) is 0. The lowest BCUT2D eigenvalue weighted by molar-refractivity contribution is -0.0163. The van der Waals surface area contributed by atoms with Crippen molar-refractivity contribution in [2.24, 2.45) is 0 Å². The Morgan fingerprint density at radius 3 is 1.53 bits per heavy atom. The number of nitrogens with zero attached hydrogens (tertiary/aromatic N) is 3. The summed E-state index contributed by atoms with van der Waals surface area (Å²) in [5.74, 6) is 5.08. The Bertz CT molecular complexity index is 1360. The first-order chi connectivity index (χ1) is 16.8. The highest BCUT2D eigenvalue weighted by Gasteiger charge is 2.20. The maximum absolute atomic E-state index is 5.56. The van der Waals surface area contributed by atoms with E-state index in [1.54, 1.807) is 0 Å². The first-order valence-electron chi connectivity index (χ1n) is 10.7. The molecule has 0 N–H and O–H groups in total. The number of hydrogen-bond donors (Lipinski definition) is 0. The van der Waals surface area contributed by atoms with E-state index in [-0.39, 0.29) is 20.4 Å². The lowest BCUT2D eigenvalue weighted by Crippen LogP contribution is -2.11. The number of hydrogen-bond acceptors (Lipinski definition) is 9. The van der Waals surface area contributed by atoms with Crippen LogP contribution >= 0.6 is 0 Å². The number of aromatic nitrogens is 3. The van der Waals surface area contributed by atoms with Crippen LogP contribution in [0.4, 0.5) is 0 Å². The van der Waals surface area contributed by atoms with Gasteiger partial charge in [0.15, 0.2) is 47.3 Å². The van der Waals surface area contributed by atoms with Crippen LogP contribution in [-0.2, 0) is 11.3 Å². The van der Waals surface area contributed by atoms with Crippen LogP contribution in [0.1, 0.15) is 5.56 Å². The SMILES string of the molecule is c1cc2c(cc1-c1nc(-c3ccc4c(c3)OCO4)nc(-c3ccc4c(c3)OCO4)n1)COCO2. The predicted molar refractivity (Wildman–Crippen MR) is 119 cm³/mol. The minimum atomic E-state index is 0.197. The summed E-state index contributed by atoms with van der Waals surface area (Å²) in [5.41, 5.74) is 3.36. The quantitative estimate of drug-likeness (QED) is 0.451. The summed E-state index contributed by atoms with van der Waals surface area (Å²) in [6.07, 6.45) is 0. The van der Waals surface area contributed by atoms with Gasteiger partial charge in [-0.3, -0.25) is 0 Å². The second-order valence-corrected chi connectivity index (χ2v) is 7.88. The molecular formula is C25H17N3O6. The van der Waals surface area contributed by atoms with Crippen LogP contribution in [0.2, 0.25) is 0 Å². The third kappa shape index (κ3) is 3.25. The van der Waals surface area contributed by atoms with Gasteiger partial charge in [0, 0.05) is 22.3 Å². The van der Waals surface area contributed by atoms with Crippen molar-refractivity contribution in [2.75, 3.05) is 20.4 Å². The van der Waals surface area contributed by atoms with E-state index in [1.165, 1.54) is 0 Å². The van der Waals surface area contributed by atoms with E-state index < -0.39 is 0 Å². The Kier molecular flexibility index (Phi) is 4.28. The normalized spacial score (nSPS) is 15.1. The van der Waals surface area contributed by atoms with Gasteiger partial charge in [0.25, 0.3) is 0 Å². The molecule has 0 fully saturated rings. The second kappa shape index (κ2) is 7.60. The van der Waals surface area contributed by atoms with Gasteiger partial charge >= 0.3 is 0 Å². The zero-order chi connectivity index (χ0) is 22.5. The van der Waals surface area contributed by atoms with Gasteiger partial charge in [-0.1, -0.05) is 0 Å². The average Bonchev–Trinajstić information content (AvgIpc) is 3.56. The fourth-order valence-corrected chi connectivity index (χ4v) is 4.06. The molecule has 0 unspecified atom stereocenters. The fraction of sp³-hybridized carbons (Fsp3) is 0.160. The molecule has 0 atom stereocenters. The molecule has 3 aromatic carbocycles. The van der Waals surface area contributed by atoms with Crippen LogP contribution in [-0.4, -0.2) is 35.3 Å². The van der Waals surface area contributed by atoms with E-state index in [4.69, 9.17) is 43.4 Å².